The maximum absolute atomic E-state index is 14.7. The molecule has 1 fully saturated rings. The van der Waals surface area contributed by atoms with Crippen molar-refractivity contribution in [2.24, 2.45) is 0 Å². The van der Waals surface area contributed by atoms with Gasteiger partial charge in [0.05, 0.1) is 16.6 Å². The largest absolute Gasteiger partial charge is 0.382 e. The van der Waals surface area contributed by atoms with Crippen LogP contribution >= 0.6 is 23.2 Å². The summed E-state index contributed by atoms with van der Waals surface area (Å²) >= 11 is 12.2. The molecular weight excluding hydrogens is 483 g/mol. The van der Waals surface area contributed by atoms with E-state index in [1.165, 1.54) is 23.4 Å². The van der Waals surface area contributed by atoms with E-state index < -0.39 is 17.2 Å². The van der Waals surface area contributed by atoms with E-state index in [1.807, 2.05) is 25.2 Å². The van der Waals surface area contributed by atoms with Gasteiger partial charge in [0.1, 0.15) is 29.9 Å². The van der Waals surface area contributed by atoms with Gasteiger partial charge in [-0.3, -0.25) is 4.90 Å². The summed E-state index contributed by atoms with van der Waals surface area (Å²) in [6, 6.07) is 9.14. The quantitative estimate of drug-likeness (QED) is 0.489. The molecule has 1 N–H and O–H groups in total. The van der Waals surface area contributed by atoms with Crippen molar-refractivity contribution in [3.8, 4) is 0 Å². The number of benzene rings is 2. The zero-order chi connectivity index (χ0) is 24.3. The second kappa shape index (κ2) is 10.7. The third-order valence-electron chi connectivity index (χ3n) is 6.40. The van der Waals surface area contributed by atoms with E-state index in [2.05, 4.69) is 19.9 Å². The van der Waals surface area contributed by atoms with Gasteiger partial charge in [0, 0.05) is 30.8 Å². The Bertz CT molecular complexity index is 1110. The van der Waals surface area contributed by atoms with Gasteiger partial charge in [0.2, 0.25) is 0 Å². The molecule has 1 aliphatic rings. The summed E-state index contributed by atoms with van der Waals surface area (Å²) in [5.74, 6) is -1.47. The van der Waals surface area contributed by atoms with Gasteiger partial charge in [-0.2, -0.15) is 5.10 Å². The van der Waals surface area contributed by atoms with Gasteiger partial charge in [-0.1, -0.05) is 35.3 Å². The number of hydrogen-bond donors (Lipinski definition) is 1. The van der Waals surface area contributed by atoms with Crippen LogP contribution in [0.4, 0.5) is 8.78 Å². The van der Waals surface area contributed by atoms with Crippen LogP contribution in [0.1, 0.15) is 24.0 Å². The minimum Gasteiger partial charge on any atom is -0.382 e. The molecule has 3 aromatic rings. The summed E-state index contributed by atoms with van der Waals surface area (Å²) in [5.41, 5.74) is -0.472. The van der Waals surface area contributed by atoms with Gasteiger partial charge in [0.15, 0.2) is 0 Å². The molecule has 0 saturated carbocycles. The summed E-state index contributed by atoms with van der Waals surface area (Å²) in [5, 5.41) is 16.8. The fraction of sp³-hybridized carbons (Fsp3) is 0.417. The lowest BCUT2D eigenvalue weighted by molar-refractivity contribution is -0.0314. The fourth-order valence-electron chi connectivity index (χ4n) is 4.63. The molecule has 0 bridgehead atoms. The molecule has 6 nitrogen and oxygen atoms in total. The average molecular weight is 510 g/mol. The van der Waals surface area contributed by atoms with Crippen LogP contribution in [-0.4, -0.2) is 62.4 Å². The van der Waals surface area contributed by atoms with Crippen LogP contribution in [0, 0.1) is 11.6 Å². The predicted octanol–water partition coefficient (Wildman–Crippen LogP) is 4.35. The lowest BCUT2D eigenvalue weighted by atomic mass is 9.91. The smallest absolute Gasteiger partial charge is 0.137 e. The number of halogens is 4. The SMILES string of the molecule is CN(CC(O)(Cn1cncn1)c1ccc(F)cc1F)C1CCN(Cc2ccc(Cl)c(Cl)c2)CC1. The Morgan fingerprint density at radius 2 is 1.88 bits per heavy atom. The molecule has 0 radical (unpaired) electrons. The maximum atomic E-state index is 14.7. The molecule has 0 aliphatic carbocycles. The molecule has 1 aliphatic heterocycles. The summed E-state index contributed by atoms with van der Waals surface area (Å²) in [7, 11) is 1.92. The van der Waals surface area contributed by atoms with E-state index in [1.54, 1.807) is 0 Å². The summed E-state index contributed by atoms with van der Waals surface area (Å²) in [6.07, 6.45) is 4.61. The molecule has 0 amide bonds. The maximum Gasteiger partial charge on any atom is 0.137 e. The first-order chi connectivity index (χ1) is 16.2. The van der Waals surface area contributed by atoms with Crippen LogP contribution in [0.5, 0.6) is 0 Å². The summed E-state index contributed by atoms with van der Waals surface area (Å²) < 4.78 is 29.7. The third kappa shape index (κ3) is 5.93. The molecular formula is C24H27Cl2F2N5O. The Labute approximate surface area is 207 Å². The number of aliphatic hydroxyl groups is 1. The highest BCUT2D eigenvalue weighted by Crippen LogP contribution is 2.30. The molecule has 1 atom stereocenters. The predicted molar refractivity (Wildman–Crippen MR) is 128 cm³/mol. The van der Waals surface area contributed by atoms with Crippen LogP contribution in [0.25, 0.3) is 0 Å². The van der Waals surface area contributed by atoms with E-state index in [9.17, 15) is 13.9 Å². The van der Waals surface area contributed by atoms with Gasteiger partial charge >= 0.3 is 0 Å². The van der Waals surface area contributed by atoms with Crippen molar-refractivity contribution in [1.82, 2.24) is 24.6 Å². The molecule has 4 rings (SSSR count). The molecule has 2 aromatic carbocycles. The highest BCUT2D eigenvalue weighted by Gasteiger charge is 2.37. The van der Waals surface area contributed by atoms with Gasteiger partial charge in [-0.25, -0.2) is 18.4 Å². The van der Waals surface area contributed by atoms with E-state index in [-0.39, 0.29) is 24.7 Å². The van der Waals surface area contributed by atoms with Crippen molar-refractivity contribution in [3.05, 3.63) is 81.9 Å². The molecule has 0 spiro atoms. The van der Waals surface area contributed by atoms with Crippen LogP contribution in [0.2, 0.25) is 10.0 Å². The molecule has 2 heterocycles. The Morgan fingerprint density at radius 3 is 2.53 bits per heavy atom. The standard InChI is InChI=1S/C24H27Cl2F2N5O/c1-31(19-6-8-32(9-7-19)12-17-2-5-21(25)22(26)10-17)13-24(34,14-33-16-29-15-30-33)20-4-3-18(27)11-23(20)28/h2-5,10-11,15-16,19,34H,6-9,12-14H2,1H3. The Balaban J connectivity index is 1.42. The van der Waals surface area contributed by atoms with Crippen molar-refractivity contribution in [1.29, 1.82) is 0 Å². The zero-order valence-corrected chi connectivity index (χ0v) is 20.4. The van der Waals surface area contributed by atoms with Crippen molar-refractivity contribution in [2.75, 3.05) is 26.7 Å². The minimum absolute atomic E-state index is 0.00391. The zero-order valence-electron chi connectivity index (χ0n) is 18.8. The Hall–Kier alpha value is -2.10. The lowest BCUT2D eigenvalue weighted by Gasteiger charge is -2.40. The van der Waals surface area contributed by atoms with E-state index in [0.29, 0.717) is 10.0 Å². The molecule has 1 unspecified atom stereocenters. The van der Waals surface area contributed by atoms with Crippen molar-refractivity contribution in [3.63, 3.8) is 0 Å². The third-order valence-corrected chi connectivity index (χ3v) is 7.14. The molecule has 10 heteroatoms. The van der Waals surface area contributed by atoms with Crippen LogP contribution in [0.15, 0.2) is 49.1 Å². The van der Waals surface area contributed by atoms with Crippen molar-refractivity contribution in [2.45, 2.75) is 37.6 Å². The topological polar surface area (TPSA) is 57.4 Å². The van der Waals surface area contributed by atoms with E-state index in [0.717, 1.165) is 50.2 Å². The van der Waals surface area contributed by atoms with E-state index >= 15 is 0 Å². The summed E-state index contributed by atoms with van der Waals surface area (Å²) in [4.78, 5) is 8.31. The fourth-order valence-corrected chi connectivity index (χ4v) is 4.95. The normalized spacial score (nSPS) is 17.3. The Kier molecular flexibility index (Phi) is 7.84. The molecule has 182 valence electrons. The highest BCUT2D eigenvalue weighted by atomic mass is 35.5. The highest BCUT2D eigenvalue weighted by molar-refractivity contribution is 6.42. The van der Waals surface area contributed by atoms with Gasteiger partial charge in [-0.05, 0) is 56.7 Å². The number of nitrogens with zero attached hydrogens (tertiary/aromatic N) is 5. The number of aromatic nitrogens is 3. The van der Waals surface area contributed by atoms with Crippen molar-refractivity contribution >= 4 is 23.2 Å². The number of likely N-dealkylation sites (N-methyl/N-ethyl adjacent to an activating group) is 1. The minimum atomic E-state index is -1.61. The average Bonchev–Trinajstić information content (AvgIpc) is 3.29. The van der Waals surface area contributed by atoms with Crippen LogP contribution in [-0.2, 0) is 18.7 Å². The second-order valence-corrected chi connectivity index (χ2v) is 9.73. The van der Waals surface area contributed by atoms with Crippen LogP contribution < -0.4 is 0 Å². The van der Waals surface area contributed by atoms with E-state index in [4.69, 9.17) is 23.2 Å². The van der Waals surface area contributed by atoms with Gasteiger partial charge < -0.3 is 10.0 Å². The summed E-state index contributed by atoms with van der Waals surface area (Å²) in [6.45, 7) is 2.69. The first-order valence-electron chi connectivity index (χ1n) is 11.1. The first kappa shape index (κ1) is 25.0. The van der Waals surface area contributed by atoms with Gasteiger partial charge in [0.25, 0.3) is 0 Å². The molecule has 1 aromatic heterocycles. The number of piperidine rings is 1. The number of likely N-dealkylation sites (tertiary alicyclic amines) is 1. The Morgan fingerprint density at radius 1 is 1.12 bits per heavy atom. The molecule has 1 saturated heterocycles. The number of hydrogen-bond acceptors (Lipinski definition) is 5. The monoisotopic (exact) mass is 509 g/mol. The lowest BCUT2D eigenvalue weighted by Crippen LogP contribution is -2.49. The van der Waals surface area contributed by atoms with Gasteiger partial charge in [-0.15, -0.1) is 0 Å². The molecule has 34 heavy (non-hydrogen) atoms. The van der Waals surface area contributed by atoms with Crippen LogP contribution in [0.3, 0.4) is 0 Å². The van der Waals surface area contributed by atoms with Crippen molar-refractivity contribution < 1.29 is 13.9 Å². The number of rotatable bonds is 8. The first-order valence-corrected chi connectivity index (χ1v) is 11.9. The second-order valence-electron chi connectivity index (χ2n) is 8.92.